The lowest BCUT2D eigenvalue weighted by molar-refractivity contribution is 0.0743. The van der Waals surface area contributed by atoms with Gasteiger partial charge in [0.05, 0.1) is 5.69 Å². The molecule has 4 aromatic rings. The van der Waals surface area contributed by atoms with E-state index in [4.69, 9.17) is 11.6 Å². The number of amides is 2. The van der Waals surface area contributed by atoms with Crippen LogP contribution in [-0.2, 0) is 0 Å². The summed E-state index contributed by atoms with van der Waals surface area (Å²) in [6, 6.07) is 18.8. The predicted molar refractivity (Wildman–Crippen MR) is 137 cm³/mol. The summed E-state index contributed by atoms with van der Waals surface area (Å²) in [5, 5.41) is 4.27. The minimum Gasteiger partial charge on any atom is -0.368 e. The number of halogens is 2. The van der Waals surface area contributed by atoms with E-state index in [1.807, 2.05) is 25.1 Å². The van der Waals surface area contributed by atoms with Gasteiger partial charge in [0.15, 0.2) is 0 Å². The maximum Gasteiger partial charge on any atom is 0.272 e. The van der Waals surface area contributed by atoms with Gasteiger partial charge in [0.1, 0.15) is 11.5 Å². The molecular formula is C27H24ClFN4O2. The molecule has 8 heteroatoms. The van der Waals surface area contributed by atoms with Crippen molar-refractivity contribution in [2.45, 2.75) is 6.92 Å². The third-order valence-corrected chi connectivity index (χ3v) is 6.52. The second-order valence-electron chi connectivity index (χ2n) is 8.64. The van der Waals surface area contributed by atoms with Gasteiger partial charge in [0.25, 0.3) is 11.8 Å². The molecule has 0 saturated carbocycles. The summed E-state index contributed by atoms with van der Waals surface area (Å²) in [6.45, 7) is 4.24. The van der Waals surface area contributed by atoms with E-state index in [0.717, 1.165) is 22.2 Å². The smallest absolute Gasteiger partial charge is 0.272 e. The van der Waals surface area contributed by atoms with Gasteiger partial charge in [-0.2, -0.15) is 0 Å². The molecule has 0 atom stereocenters. The third kappa shape index (κ3) is 4.72. The van der Waals surface area contributed by atoms with E-state index in [1.54, 1.807) is 41.3 Å². The molecule has 2 N–H and O–H groups in total. The van der Waals surface area contributed by atoms with Crippen molar-refractivity contribution in [1.29, 1.82) is 0 Å². The number of piperazine rings is 1. The van der Waals surface area contributed by atoms with E-state index in [-0.39, 0.29) is 17.6 Å². The molecule has 1 aliphatic rings. The van der Waals surface area contributed by atoms with Crippen molar-refractivity contribution in [3.63, 3.8) is 0 Å². The molecule has 2 heterocycles. The average molecular weight is 491 g/mol. The van der Waals surface area contributed by atoms with E-state index in [2.05, 4.69) is 15.2 Å². The van der Waals surface area contributed by atoms with E-state index in [0.29, 0.717) is 48.1 Å². The Hall–Kier alpha value is -3.84. The molecule has 3 aromatic carbocycles. The van der Waals surface area contributed by atoms with Gasteiger partial charge in [-0.1, -0.05) is 23.2 Å². The molecule has 0 spiro atoms. The molecule has 5 rings (SSSR count). The van der Waals surface area contributed by atoms with Gasteiger partial charge in [-0.15, -0.1) is 0 Å². The number of hydrogen-bond donors (Lipinski definition) is 2. The topological polar surface area (TPSA) is 68.4 Å². The van der Waals surface area contributed by atoms with Crippen LogP contribution in [-0.4, -0.2) is 47.9 Å². The van der Waals surface area contributed by atoms with Crippen molar-refractivity contribution in [1.82, 2.24) is 9.88 Å². The standard InChI is InChI=1S/C27H24ClFN4O2/c1-17-2-11-23-22(16-17)24(31-26(34)18-3-5-19(28)6-4-18)25(30-23)27(35)33-14-12-32(13-15-33)21-9-7-20(29)8-10-21/h2-11,16,30H,12-15H2,1H3,(H,31,34). The monoisotopic (exact) mass is 490 g/mol. The maximum absolute atomic E-state index is 13.6. The van der Waals surface area contributed by atoms with Crippen LogP contribution in [0.3, 0.4) is 0 Å². The van der Waals surface area contributed by atoms with Crippen LogP contribution in [0.1, 0.15) is 26.4 Å². The highest BCUT2D eigenvalue weighted by atomic mass is 35.5. The highest BCUT2D eigenvalue weighted by Crippen LogP contribution is 2.31. The Morgan fingerprint density at radius 3 is 2.31 bits per heavy atom. The highest BCUT2D eigenvalue weighted by Gasteiger charge is 2.27. The highest BCUT2D eigenvalue weighted by molar-refractivity contribution is 6.30. The van der Waals surface area contributed by atoms with E-state index in [9.17, 15) is 14.0 Å². The van der Waals surface area contributed by atoms with Gasteiger partial charge in [0, 0.05) is 53.4 Å². The molecule has 2 amide bonds. The second-order valence-corrected chi connectivity index (χ2v) is 9.08. The predicted octanol–water partition coefficient (Wildman–Crippen LogP) is 5.48. The molecule has 1 fully saturated rings. The van der Waals surface area contributed by atoms with Gasteiger partial charge in [0.2, 0.25) is 0 Å². The number of aryl methyl sites for hydroxylation is 1. The number of nitrogens with zero attached hydrogens (tertiary/aromatic N) is 2. The Balaban J connectivity index is 1.40. The van der Waals surface area contributed by atoms with Crippen LogP contribution in [0, 0.1) is 12.7 Å². The normalized spacial score (nSPS) is 13.8. The third-order valence-electron chi connectivity index (χ3n) is 6.27. The molecule has 0 unspecified atom stereocenters. The molecule has 0 bridgehead atoms. The Bertz CT molecular complexity index is 1390. The fourth-order valence-corrected chi connectivity index (χ4v) is 4.49. The first-order valence-corrected chi connectivity index (χ1v) is 11.8. The number of aromatic amines is 1. The lowest BCUT2D eigenvalue weighted by Crippen LogP contribution is -2.49. The van der Waals surface area contributed by atoms with Crippen LogP contribution >= 0.6 is 11.6 Å². The minimum atomic E-state index is -0.320. The van der Waals surface area contributed by atoms with Gasteiger partial charge in [-0.3, -0.25) is 9.59 Å². The Morgan fingerprint density at radius 1 is 0.943 bits per heavy atom. The first-order chi connectivity index (χ1) is 16.9. The number of benzene rings is 3. The van der Waals surface area contributed by atoms with Crippen molar-refractivity contribution in [3.05, 3.63) is 94.4 Å². The number of carbonyl (C=O) groups is 2. The van der Waals surface area contributed by atoms with E-state index < -0.39 is 0 Å². The van der Waals surface area contributed by atoms with Crippen molar-refractivity contribution < 1.29 is 14.0 Å². The number of anilines is 2. The molecule has 1 aliphatic heterocycles. The minimum absolute atomic E-state index is 0.177. The van der Waals surface area contributed by atoms with Crippen LogP contribution in [0.5, 0.6) is 0 Å². The molecule has 178 valence electrons. The van der Waals surface area contributed by atoms with Crippen molar-refractivity contribution in [2.75, 3.05) is 36.4 Å². The Labute approximate surface area is 207 Å². The number of nitrogens with one attached hydrogen (secondary N) is 2. The van der Waals surface area contributed by atoms with Gasteiger partial charge in [-0.05, 0) is 67.6 Å². The fraction of sp³-hybridized carbons (Fsp3) is 0.185. The quantitative estimate of drug-likeness (QED) is 0.398. The summed E-state index contributed by atoms with van der Waals surface area (Å²) < 4.78 is 13.3. The largest absolute Gasteiger partial charge is 0.368 e. The number of rotatable bonds is 4. The lowest BCUT2D eigenvalue weighted by Gasteiger charge is -2.36. The first-order valence-electron chi connectivity index (χ1n) is 11.4. The maximum atomic E-state index is 13.6. The van der Waals surface area contributed by atoms with Crippen LogP contribution < -0.4 is 10.2 Å². The zero-order chi connectivity index (χ0) is 24.5. The summed E-state index contributed by atoms with van der Waals surface area (Å²) in [5.41, 5.74) is 3.98. The summed E-state index contributed by atoms with van der Waals surface area (Å²) in [4.78, 5) is 33.7. The second kappa shape index (κ2) is 9.43. The zero-order valence-corrected chi connectivity index (χ0v) is 19.9. The summed E-state index contributed by atoms with van der Waals surface area (Å²) in [5.74, 6) is -0.770. The number of hydrogen-bond acceptors (Lipinski definition) is 3. The average Bonchev–Trinajstić information content (AvgIpc) is 3.22. The zero-order valence-electron chi connectivity index (χ0n) is 19.1. The number of H-pyrrole nitrogens is 1. The lowest BCUT2D eigenvalue weighted by atomic mass is 10.1. The summed E-state index contributed by atoms with van der Waals surface area (Å²) >= 11 is 5.96. The molecule has 1 aromatic heterocycles. The van der Waals surface area contributed by atoms with Gasteiger partial charge < -0.3 is 20.1 Å². The number of aromatic nitrogens is 1. The molecule has 0 radical (unpaired) electrons. The van der Waals surface area contributed by atoms with E-state index in [1.165, 1.54) is 12.1 Å². The number of carbonyl (C=O) groups excluding carboxylic acids is 2. The van der Waals surface area contributed by atoms with Crippen LogP contribution in [0.2, 0.25) is 5.02 Å². The van der Waals surface area contributed by atoms with Crippen LogP contribution in [0.25, 0.3) is 10.9 Å². The Morgan fingerprint density at radius 2 is 1.63 bits per heavy atom. The molecule has 1 saturated heterocycles. The SMILES string of the molecule is Cc1ccc2[nH]c(C(=O)N3CCN(c4ccc(F)cc4)CC3)c(NC(=O)c3ccc(Cl)cc3)c2c1. The van der Waals surface area contributed by atoms with Crippen molar-refractivity contribution in [3.8, 4) is 0 Å². The number of fused-ring (bicyclic) bond motifs is 1. The van der Waals surface area contributed by atoms with Crippen LogP contribution in [0.4, 0.5) is 15.8 Å². The summed E-state index contributed by atoms with van der Waals surface area (Å²) in [6.07, 6.45) is 0. The first kappa shape index (κ1) is 22.9. The summed E-state index contributed by atoms with van der Waals surface area (Å²) in [7, 11) is 0. The van der Waals surface area contributed by atoms with Crippen molar-refractivity contribution in [2.24, 2.45) is 0 Å². The van der Waals surface area contributed by atoms with Crippen LogP contribution in [0.15, 0.2) is 66.7 Å². The molecule has 35 heavy (non-hydrogen) atoms. The Kier molecular flexibility index (Phi) is 6.17. The van der Waals surface area contributed by atoms with Gasteiger partial charge >= 0.3 is 0 Å². The molecule has 6 nitrogen and oxygen atoms in total. The fourth-order valence-electron chi connectivity index (χ4n) is 4.36. The van der Waals surface area contributed by atoms with E-state index >= 15 is 0 Å². The van der Waals surface area contributed by atoms with Crippen molar-refractivity contribution >= 4 is 45.7 Å². The molecule has 0 aliphatic carbocycles. The van der Waals surface area contributed by atoms with Gasteiger partial charge in [-0.25, -0.2) is 4.39 Å². The molecular weight excluding hydrogens is 467 g/mol.